The minimum Gasteiger partial charge on any atom is -0.267 e. The minimum atomic E-state index is -3.55. The fraction of sp³-hybridized carbons (Fsp3) is 0.455. The molecule has 0 aliphatic rings. The lowest BCUT2D eigenvalue weighted by atomic mass is 10.0. The monoisotopic (exact) mass is 228 g/mol. The molecule has 0 atom stereocenters. The molecule has 0 spiro atoms. The highest BCUT2D eigenvalue weighted by Gasteiger charge is 2.13. The summed E-state index contributed by atoms with van der Waals surface area (Å²) in [4.78, 5) is 0.216. The highest BCUT2D eigenvalue weighted by molar-refractivity contribution is 7.86. The Hall–Kier alpha value is -0.870. The second kappa shape index (κ2) is 4.77. The maximum absolute atomic E-state index is 11.5. The molecule has 4 heteroatoms. The molecule has 3 nitrogen and oxygen atoms in total. The quantitative estimate of drug-likeness (QED) is 0.744. The molecule has 0 heterocycles. The van der Waals surface area contributed by atoms with E-state index in [0.29, 0.717) is 5.92 Å². The van der Waals surface area contributed by atoms with E-state index in [1.165, 1.54) is 0 Å². The average Bonchev–Trinajstić information content (AvgIpc) is 2.18. The summed E-state index contributed by atoms with van der Waals surface area (Å²) in [5, 5.41) is 0. The van der Waals surface area contributed by atoms with Gasteiger partial charge in [0.25, 0.3) is 10.1 Å². The van der Waals surface area contributed by atoms with Gasteiger partial charge in [0.1, 0.15) is 0 Å². The smallest absolute Gasteiger partial charge is 0.267 e. The molecule has 0 saturated heterocycles. The number of rotatable bonds is 4. The first-order chi connectivity index (χ1) is 6.97. The Morgan fingerprint density at radius 2 is 1.73 bits per heavy atom. The van der Waals surface area contributed by atoms with Crippen molar-refractivity contribution in [3.8, 4) is 0 Å². The normalized spacial score (nSPS) is 12.0. The molecule has 0 aliphatic carbocycles. The highest BCUT2D eigenvalue weighted by Crippen LogP contribution is 2.18. The van der Waals surface area contributed by atoms with Crippen LogP contribution >= 0.6 is 0 Å². The topological polar surface area (TPSA) is 43.4 Å². The predicted octanol–water partition coefficient (Wildman–Crippen LogP) is 2.54. The standard InChI is InChI=1S/C11H16O3S/c1-4-14-15(12,13)11-7-5-10(6-8-11)9(2)3/h5-9H,4H2,1-3H3. The summed E-state index contributed by atoms with van der Waals surface area (Å²) >= 11 is 0. The van der Waals surface area contributed by atoms with Crippen LogP contribution in [0.2, 0.25) is 0 Å². The van der Waals surface area contributed by atoms with Crippen LogP contribution in [0.5, 0.6) is 0 Å². The van der Waals surface area contributed by atoms with Gasteiger partial charge in [-0.3, -0.25) is 4.18 Å². The van der Waals surface area contributed by atoms with E-state index in [0.717, 1.165) is 5.56 Å². The fourth-order valence-corrected chi connectivity index (χ4v) is 2.16. The van der Waals surface area contributed by atoms with Crippen LogP contribution in [0, 0.1) is 0 Å². The lowest BCUT2D eigenvalue weighted by molar-refractivity contribution is 0.338. The largest absolute Gasteiger partial charge is 0.296 e. The average molecular weight is 228 g/mol. The SMILES string of the molecule is CCOS(=O)(=O)c1ccc(C(C)C)cc1. The zero-order chi connectivity index (χ0) is 11.5. The van der Waals surface area contributed by atoms with E-state index >= 15 is 0 Å². The van der Waals surface area contributed by atoms with Gasteiger partial charge in [-0.2, -0.15) is 8.42 Å². The Bertz CT molecular complexity index is 404. The first-order valence-corrected chi connectivity index (χ1v) is 6.37. The zero-order valence-electron chi connectivity index (χ0n) is 9.23. The Labute approximate surface area is 91.2 Å². The van der Waals surface area contributed by atoms with Crippen molar-refractivity contribution in [3.05, 3.63) is 29.8 Å². The summed E-state index contributed by atoms with van der Waals surface area (Å²) in [7, 11) is -3.55. The second-order valence-electron chi connectivity index (χ2n) is 3.58. The molecule has 0 saturated carbocycles. The van der Waals surface area contributed by atoms with Gasteiger partial charge in [-0.25, -0.2) is 0 Å². The number of hydrogen-bond acceptors (Lipinski definition) is 3. The molecule has 0 aromatic heterocycles. The Balaban J connectivity index is 2.99. The third-order valence-corrected chi connectivity index (χ3v) is 3.50. The first kappa shape index (κ1) is 12.2. The van der Waals surface area contributed by atoms with E-state index < -0.39 is 10.1 Å². The Kier molecular flexibility index (Phi) is 3.88. The molecule has 0 N–H and O–H groups in total. The molecule has 0 unspecified atom stereocenters. The predicted molar refractivity (Wildman–Crippen MR) is 59.3 cm³/mol. The molecule has 1 aromatic carbocycles. The van der Waals surface area contributed by atoms with Crippen molar-refractivity contribution in [1.29, 1.82) is 0 Å². The van der Waals surface area contributed by atoms with Gasteiger partial charge in [0.05, 0.1) is 11.5 Å². The molecular formula is C11H16O3S. The van der Waals surface area contributed by atoms with Gasteiger partial charge in [0.15, 0.2) is 0 Å². The summed E-state index contributed by atoms with van der Waals surface area (Å²) in [6.07, 6.45) is 0. The van der Waals surface area contributed by atoms with E-state index in [9.17, 15) is 8.42 Å². The molecular weight excluding hydrogens is 212 g/mol. The van der Waals surface area contributed by atoms with Crippen molar-refractivity contribution in [2.45, 2.75) is 31.6 Å². The molecule has 84 valence electrons. The maximum Gasteiger partial charge on any atom is 0.296 e. The molecule has 15 heavy (non-hydrogen) atoms. The Morgan fingerprint density at radius 3 is 2.13 bits per heavy atom. The number of benzene rings is 1. The van der Waals surface area contributed by atoms with Crippen molar-refractivity contribution in [3.63, 3.8) is 0 Å². The van der Waals surface area contributed by atoms with Gasteiger partial charge in [-0.05, 0) is 30.5 Å². The van der Waals surface area contributed by atoms with Crippen LogP contribution in [0.3, 0.4) is 0 Å². The van der Waals surface area contributed by atoms with E-state index in [2.05, 4.69) is 18.0 Å². The summed E-state index contributed by atoms with van der Waals surface area (Å²) in [5.74, 6) is 0.397. The van der Waals surface area contributed by atoms with Crippen LogP contribution in [0.4, 0.5) is 0 Å². The van der Waals surface area contributed by atoms with E-state index in [1.54, 1.807) is 19.1 Å². The molecule has 0 bridgehead atoms. The van der Waals surface area contributed by atoms with Gasteiger partial charge in [0.2, 0.25) is 0 Å². The van der Waals surface area contributed by atoms with Crippen molar-refractivity contribution in [2.24, 2.45) is 0 Å². The van der Waals surface area contributed by atoms with Crippen molar-refractivity contribution in [2.75, 3.05) is 6.61 Å². The van der Waals surface area contributed by atoms with Crippen LogP contribution in [0.15, 0.2) is 29.2 Å². The summed E-state index contributed by atoms with van der Waals surface area (Å²) in [6, 6.07) is 6.80. The lowest BCUT2D eigenvalue weighted by Gasteiger charge is -2.07. The molecule has 1 aromatic rings. The van der Waals surface area contributed by atoms with Gasteiger partial charge in [0, 0.05) is 0 Å². The van der Waals surface area contributed by atoms with Crippen LogP contribution in [-0.2, 0) is 14.3 Å². The Morgan fingerprint density at radius 1 is 1.20 bits per heavy atom. The van der Waals surface area contributed by atoms with Crippen molar-refractivity contribution in [1.82, 2.24) is 0 Å². The molecule has 0 radical (unpaired) electrons. The van der Waals surface area contributed by atoms with Crippen molar-refractivity contribution < 1.29 is 12.6 Å². The zero-order valence-corrected chi connectivity index (χ0v) is 10.0. The van der Waals surface area contributed by atoms with Crippen LogP contribution < -0.4 is 0 Å². The molecule has 0 fully saturated rings. The highest BCUT2D eigenvalue weighted by atomic mass is 32.2. The lowest BCUT2D eigenvalue weighted by Crippen LogP contribution is -2.05. The summed E-state index contributed by atoms with van der Waals surface area (Å²) in [6.45, 7) is 5.94. The molecule has 0 amide bonds. The van der Waals surface area contributed by atoms with E-state index in [-0.39, 0.29) is 11.5 Å². The van der Waals surface area contributed by atoms with Gasteiger partial charge >= 0.3 is 0 Å². The summed E-state index contributed by atoms with van der Waals surface area (Å²) < 4.78 is 27.7. The van der Waals surface area contributed by atoms with Gasteiger partial charge < -0.3 is 0 Å². The second-order valence-corrected chi connectivity index (χ2v) is 5.20. The van der Waals surface area contributed by atoms with Crippen LogP contribution in [0.25, 0.3) is 0 Å². The van der Waals surface area contributed by atoms with Gasteiger partial charge in [-0.1, -0.05) is 26.0 Å². The molecule has 1 rings (SSSR count). The van der Waals surface area contributed by atoms with Gasteiger partial charge in [-0.15, -0.1) is 0 Å². The maximum atomic E-state index is 11.5. The third kappa shape index (κ3) is 3.04. The third-order valence-electron chi connectivity index (χ3n) is 2.11. The van der Waals surface area contributed by atoms with Crippen LogP contribution in [0.1, 0.15) is 32.3 Å². The minimum absolute atomic E-state index is 0.161. The number of hydrogen-bond donors (Lipinski definition) is 0. The first-order valence-electron chi connectivity index (χ1n) is 4.96. The van der Waals surface area contributed by atoms with Crippen LogP contribution in [-0.4, -0.2) is 15.0 Å². The molecule has 0 aliphatic heterocycles. The van der Waals surface area contributed by atoms with E-state index in [1.807, 2.05) is 12.1 Å². The van der Waals surface area contributed by atoms with Crippen molar-refractivity contribution >= 4 is 10.1 Å². The van der Waals surface area contributed by atoms with E-state index in [4.69, 9.17) is 0 Å². The summed E-state index contributed by atoms with van der Waals surface area (Å²) in [5.41, 5.74) is 1.12. The fourth-order valence-electron chi connectivity index (χ4n) is 1.24.